The van der Waals surface area contributed by atoms with Gasteiger partial charge in [0.15, 0.2) is 11.5 Å². The summed E-state index contributed by atoms with van der Waals surface area (Å²) in [5.41, 5.74) is 1.29. The van der Waals surface area contributed by atoms with Gasteiger partial charge in [-0.3, -0.25) is 4.79 Å². The first-order valence-electron chi connectivity index (χ1n) is 7.26. The Bertz CT molecular complexity index is 609. The molecule has 1 N–H and O–H groups in total. The van der Waals surface area contributed by atoms with Crippen molar-refractivity contribution in [3.8, 4) is 11.3 Å². The molecule has 0 unspecified atom stereocenters. The monoisotopic (exact) mass is 321 g/mol. The highest BCUT2D eigenvalue weighted by Crippen LogP contribution is 2.21. The molecule has 0 spiro atoms. The highest BCUT2D eigenvalue weighted by atomic mass is 35.5. The fraction of sp³-hybridized carbons (Fsp3) is 0.375. The van der Waals surface area contributed by atoms with Crippen molar-refractivity contribution in [2.24, 2.45) is 0 Å². The van der Waals surface area contributed by atoms with Crippen LogP contribution in [0.5, 0.6) is 0 Å². The summed E-state index contributed by atoms with van der Waals surface area (Å²) in [4.78, 5) is 14.3. The van der Waals surface area contributed by atoms with Crippen molar-refractivity contribution in [2.75, 3.05) is 20.1 Å². The molecule has 1 aromatic heterocycles. The molecular formula is C16H20ClN3O2. The summed E-state index contributed by atoms with van der Waals surface area (Å²) < 4.78 is 5.30. The average molecular weight is 322 g/mol. The van der Waals surface area contributed by atoms with Gasteiger partial charge >= 0.3 is 0 Å². The van der Waals surface area contributed by atoms with Crippen molar-refractivity contribution in [1.29, 1.82) is 0 Å². The van der Waals surface area contributed by atoms with Gasteiger partial charge in [0.2, 0.25) is 0 Å². The minimum absolute atomic E-state index is 0. The molecule has 3 rings (SSSR count). The summed E-state index contributed by atoms with van der Waals surface area (Å²) in [6, 6.07) is 11.7. The van der Waals surface area contributed by atoms with E-state index in [4.69, 9.17) is 4.52 Å². The van der Waals surface area contributed by atoms with E-state index in [1.807, 2.05) is 37.4 Å². The van der Waals surface area contributed by atoms with E-state index >= 15 is 0 Å². The quantitative estimate of drug-likeness (QED) is 0.944. The molecule has 1 saturated heterocycles. The standard InChI is InChI=1S/C16H19N3O2.ClH/c1-19(13-7-9-17-10-8-13)16(20)14-11-15(21-18-14)12-5-3-2-4-6-12;/h2-6,11,13,17H,7-10H2,1H3;1H. The maximum Gasteiger partial charge on any atom is 0.276 e. The number of piperidine rings is 1. The Morgan fingerprint density at radius 3 is 2.64 bits per heavy atom. The lowest BCUT2D eigenvalue weighted by molar-refractivity contribution is 0.0693. The number of carbonyl (C=O) groups excluding carboxylic acids is 1. The van der Waals surface area contributed by atoms with E-state index < -0.39 is 0 Å². The molecule has 5 nitrogen and oxygen atoms in total. The third-order valence-corrected chi connectivity index (χ3v) is 3.96. The van der Waals surface area contributed by atoms with E-state index in [0.717, 1.165) is 31.5 Å². The third kappa shape index (κ3) is 3.48. The maximum absolute atomic E-state index is 12.5. The van der Waals surface area contributed by atoms with Crippen molar-refractivity contribution in [3.63, 3.8) is 0 Å². The predicted octanol–water partition coefficient (Wildman–Crippen LogP) is 2.59. The number of hydrogen-bond acceptors (Lipinski definition) is 4. The van der Waals surface area contributed by atoms with Crippen LogP contribution in [0.2, 0.25) is 0 Å². The minimum Gasteiger partial charge on any atom is -0.355 e. The Balaban J connectivity index is 0.00000176. The smallest absolute Gasteiger partial charge is 0.276 e. The van der Waals surface area contributed by atoms with Crippen molar-refractivity contribution in [3.05, 3.63) is 42.1 Å². The first-order chi connectivity index (χ1) is 10.3. The summed E-state index contributed by atoms with van der Waals surface area (Å²) in [6.07, 6.45) is 1.96. The second-order valence-electron chi connectivity index (χ2n) is 5.34. The van der Waals surface area contributed by atoms with Gasteiger partial charge in [0, 0.05) is 24.7 Å². The lowest BCUT2D eigenvalue weighted by atomic mass is 10.0. The molecule has 2 aromatic rings. The molecule has 6 heteroatoms. The Morgan fingerprint density at radius 2 is 1.95 bits per heavy atom. The molecule has 1 aliphatic heterocycles. The number of nitrogens with one attached hydrogen (secondary N) is 1. The molecule has 0 atom stereocenters. The second kappa shape index (κ2) is 7.42. The van der Waals surface area contributed by atoms with E-state index in [1.54, 1.807) is 11.0 Å². The van der Waals surface area contributed by atoms with Crippen molar-refractivity contribution in [2.45, 2.75) is 18.9 Å². The summed E-state index contributed by atoms with van der Waals surface area (Å²) >= 11 is 0. The Kier molecular flexibility index (Phi) is 5.57. The Labute approximate surface area is 136 Å². The summed E-state index contributed by atoms with van der Waals surface area (Å²) in [5.74, 6) is 0.547. The number of rotatable bonds is 3. The van der Waals surface area contributed by atoms with Gasteiger partial charge in [-0.2, -0.15) is 0 Å². The number of aromatic nitrogens is 1. The van der Waals surface area contributed by atoms with Crippen LogP contribution >= 0.6 is 12.4 Å². The molecule has 0 radical (unpaired) electrons. The zero-order valence-electron chi connectivity index (χ0n) is 12.5. The van der Waals surface area contributed by atoms with Crippen LogP contribution in [0.1, 0.15) is 23.3 Å². The van der Waals surface area contributed by atoms with Gasteiger partial charge in [0.25, 0.3) is 5.91 Å². The summed E-state index contributed by atoms with van der Waals surface area (Å²) in [6.45, 7) is 1.91. The first kappa shape index (κ1) is 16.5. The molecule has 22 heavy (non-hydrogen) atoms. The second-order valence-corrected chi connectivity index (χ2v) is 5.34. The molecule has 118 valence electrons. The van der Waals surface area contributed by atoms with E-state index in [1.165, 1.54) is 0 Å². The molecule has 0 aliphatic carbocycles. The van der Waals surface area contributed by atoms with E-state index in [2.05, 4.69) is 10.5 Å². The topological polar surface area (TPSA) is 58.4 Å². The number of hydrogen-bond donors (Lipinski definition) is 1. The van der Waals surface area contributed by atoms with Gasteiger partial charge < -0.3 is 14.7 Å². The van der Waals surface area contributed by atoms with Crippen molar-refractivity contribution >= 4 is 18.3 Å². The van der Waals surface area contributed by atoms with E-state index in [9.17, 15) is 4.79 Å². The third-order valence-electron chi connectivity index (χ3n) is 3.96. The first-order valence-corrected chi connectivity index (χ1v) is 7.26. The van der Waals surface area contributed by atoms with Crippen LogP contribution in [0, 0.1) is 0 Å². The van der Waals surface area contributed by atoms with Gasteiger partial charge in [-0.25, -0.2) is 0 Å². The van der Waals surface area contributed by atoms with Gasteiger partial charge in [0.1, 0.15) is 0 Å². The SMILES string of the molecule is CN(C(=O)c1cc(-c2ccccc2)on1)C1CCNCC1.Cl. The van der Waals surface area contributed by atoms with Gasteiger partial charge in [-0.1, -0.05) is 35.5 Å². The van der Waals surface area contributed by atoms with Crippen LogP contribution in [0.25, 0.3) is 11.3 Å². The van der Waals surface area contributed by atoms with Gasteiger partial charge in [0.05, 0.1) is 0 Å². The molecule has 1 aromatic carbocycles. The highest BCUT2D eigenvalue weighted by Gasteiger charge is 2.25. The van der Waals surface area contributed by atoms with Crippen LogP contribution < -0.4 is 5.32 Å². The van der Waals surface area contributed by atoms with Gasteiger partial charge in [-0.15, -0.1) is 12.4 Å². The lowest BCUT2D eigenvalue weighted by Gasteiger charge is -2.31. The highest BCUT2D eigenvalue weighted by molar-refractivity contribution is 5.93. The zero-order valence-corrected chi connectivity index (χ0v) is 13.3. The minimum atomic E-state index is -0.0761. The predicted molar refractivity (Wildman–Crippen MR) is 87.2 cm³/mol. The fourth-order valence-electron chi connectivity index (χ4n) is 2.65. The van der Waals surface area contributed by atoms with Crippen molar-refractivity contribution in [1.82, 2.24) is 15.4 Å². The summed E-state index contributed by atoms with van der Waals surface area (Å²) in [7, 11) is 1.84. The molecule has 0 bridgehead atoms. The van der Waals surface area contributed by atoms with Gasteiger partial charge in [-0.05, 0) is 25.9 Å². The molecule has 2 heterocycles. The van der Waals surface area contributed by atoms with Crippen LogP contribution in [0.15, 0.2) is 40.9 Å². The largest absolute Gasteiger partial charge is 0.355 e. The average Bonchev–Trinajstić information content (AvgIpc) is 3.05. The number of benzene rings is 1. The molecular weight excluding hydrogens is 302 g/mol. The van der Waals surface area contributed by atoms with Crippen LogP contribution in [0.3, 0.4) is 0 Å². The number of carbonyl (C=O) groups is 1. The molecule has 0 saturated carbocycles. The van der Waals surface area contributed by atoms with Crippen molar-refractivity contribution < 1.29 is 9.32 Å². The van der Waals surface area contributed by atoms with Crippen LogP contribution in [0.4, 0.5) is 0 Å². The summed E-state index contributed by atoms with van der Waals surface area (Å²) in [5, 5.41) is 7.23. The molecule has 1 amide bonds. The maximum atomic E-state index is 12.5. The zero-order chi connectivity index (χ0) is 14.7. The number of halogens is 1. The van der Waals surface area contributed by atoms with Crippen LogP contribution in [-0.4, -0.2) is 42.1 Å². The fourth-order valence-corrected chi connectivity index (χ4v) is 2.65. The van der Waals surface area contributed by atoms with Crippen LogP contribution in [-0.2, 0) is 0 Å². The number of amides is 1. The molecule has 1 aliphatic rings. The number of nitrogens with zero attached hydrogens (tertiary/aromatic N) is 2. The lowest BCUT2D eigenvalue weighted by Crippen LogP contribution is -2.44. The normalized spacial score (nSPS) is 15.1. The Hall–Kier alpha value is -1.85. The van der Waals surface area contributed by atoms with E-state index in [-0.39, 0.29) is 24.4 Å². The van der Waals surface area contributed by atoms with E-state index in [0.29, 0.717) is 11.5 Å². The Morgan fingerprint density at radius 1 is 1.27 bits per heavy atom. The molecule has 1 fully saturated rings.